The number of unbranched alkanes of at least 4 members (excludes halogenated alkanes) is 1. The molecule has 0 radical (unpaired) electrons. The molecule has 0 aromatic carbocycles. The van der Waals surface area contributed by atoms with Gasteiger partial charge in [-0.1, -0.05) is 13.3 Å². The lowest BCUT2D eigenvalue weighted by Crippen LogP contribution is -2.09. The zero-order valence-electron chi connectivity index (χ0n) is 10.4. The first-order valence-corrected chi connectivity index (χ1v) is 4.96. The molecule has 0 aliphatic carbocycles. The van der Waals surface area contributed by atoms with E-state index in [1.807, 2.05) is 6.92 Å². The van der Waals surface area contributed by atoms with Crippen LogP contribution >= 0.6 is 0 Å². The Labute approximate surface area is 92.2 Å². The van der Waals surface area contributed by atoms with Crippen LogP contribution in [0.3, 0.4) is 0 Å². The van der Waals surface area contributed by atoms with Crippen molar-refractivity contribution in [2.24, 2.45) is 5.73 Å². The molecule has 0 atom stereocenters. The van der Waals surface area contributed by atoms with Crippen molar-refractivity contribution in [2.45, 2.75) is 53.9 Å². The van der Waals surface area contributed by atoms with Crippen molar-refractivity contribution in [3.63, 3.8) is 0 Å². The Hall–Kier alpha value is -1.19. The van der Waals surface area contributed by atoms with Gasteiger partial charge >= 0.3 is 0 Å². The molecule has 0 saturated heterocycles. The molecular formula is C11H23NO3. The molecule has 0 bridgehead atoms. The average Bonchev–Trinajstić information content (AvgIpc) is 1.98. The van der Waals surface area contributed by atoms with E-state index in [-0.39, 0.29) is 17.5 Å². The number of rotatable bonds is 3. The lowest BCUT2D eigenvalue weighted by molar-refractivity contribution is -0.118. The van der Waals surface area contributed by atoms with Crippen LogP contribution in [0.25, 0.3) is 0 Å². The molecule has 0 aromatic rings. The van der Waals surface area contributed by atoms with Crippen LogP contribution in [0.1, 0.15) is 53.9 Å². The molecular weight excluding hydrogens is 194 g/mol. The van der Waals surface area contributed by atoms with Crippen LogP contribution in [-0.4, -0.2) is 17.5 Å². The standard InChI is InChI=1S/C5H11NO.2C3H6O/c1-2-3-4-5(6)7;2*1-3(2)4/h2-4H2,1H3,(H2,6,7);2*1-2H3. The lowest BCUT2D eigenvalue weighted by Gasteiger charge is -1.86. The lowest BCUT2D eigenvalue weighted by atomic mass is 10.2. The van der Waals surface area contributed by atoms with E-state index < -0.39 is 0 Å². The van der Waals surface area contributed by atoms with E-state index in [0.717, 1.165) is 12.8 Å². The van der Waals surface area contributed by atoms with Crippen LogP contribution in [0, 0.1) is 0 Å². The fourth-order valence-corrected chi connectivity index (χ4v) is 0.351. The van der Waals surface area contributed by atoms with Gasteiger partial charge in [-0.05, 0) is 34.1 Å². The molecule has 0 fully saturated rings. The number of carbonyl (C=O) groups is 3. The highest BCUT2D eigenvalue weighted by Gasteiger charge is 1.88. The van der Waals surface area contributed by atoms with Gasteiger partial charge in [0.1, 0.15) is 11.6 Å². The fraction of sp³-hybridized carbons (Fsp3) is 0.727. The molecule has 0 spiro atoms. The molecule has 4 nitrogen and oxygen atoms in total. The number of hydrogen-bond acceptors (Lipinski definition) is 3. The Morgan fingerprint density at radius 2 is 1.20 bits per heavy atom. The molecule has 0 heterocycles. The van der Waals surface area contributed by atoms with Crippen molar-refractivity contribution in [2.75, 3.05) is 0 Å². The third-order valence-electron chi connectivity index (χ3n) is 0.777. The van der Waals surface area contributed by atoms with Gasteiger partial charge in [-0.2, -0.15) is 0 Å². The molecule has 90 valence electrons. The predicted octanol–water partition coefficient (Wildman–Crippen LogP) is 1.85. The van der Waals surface area contributed by atoms with Crippen molar-refractivity contribution < 1.29 is 14.4 Å². The summed E-state index contributed by atoms with van der Waals surface area (Å²) in [7, 11) is 0. The monoisotopic (exact) mass is 217 g/mol. The topological polar surface area (TPSA) is 77.2 Å². The number of amides is 1. The number of carbonyl (C=O) groups excluding carboxylic acids is 3. The van der Waals surface area contributed by atoms with Gasteiger partial charge in [-0.15, -0.1) is 0 Å². The Balaban J connectivity index is -0.000000155. The van der Waals surface area contributed by atoms with Gasteiger partial charge in [0, 0.05) is 6.42 Å². The largest absolute Gasteiger partial charge is 0.370 e. The molecule has 0 unspecified atom stereocenters. The summed E-state index contributed by atoms with van der Waals surface area (Å²) in [6, 6.07) is 0. The number of hydrogen-bond donors (Lipinski definition) is 1. The molecule has 0 aliphatic rings. The second-order valence-electron chi connectivity index (χ2n) is 3.39. The molecule has 15 heavy (non-hydrogen) atoms. The van der Waals surface area contributed by atoms with Crippen LogP contribution < -0.4 is 5.73 Å². The van der Waals surface area contributed by atoms with Crippen molar-refractivity contribution >= 4 is 17.5 Å². The van der Waals surface area contributed by atoms with Crippen molar-refractivity contribution in [3.05, 3.63) is 0 Å². The Bertz CT molecular complexity index is 168. The maximum absolute atomic E-state index is 9.98. The van der Waals surface area contributed by atoms with E-state index in [4.69, 9.17) is 5.73 Å². The van der Waals surface area contributed by atoms with Gasteiger partial charge in [-0.25, -0.2) is 0 Å². The van der Waals surface area contributed by atoms with Gasteiger partial charge in [0.25, 0.3) is 0 Å². The normalized spacial score (nSPS) is 7.53. The minimum Gasteiger partial charge on any atom is -0.370 e. The van der Waals surface area contributed by atoms with Crippen LogP contribution in [0.15, 0.2) is 0 Å². The third kappa shape index (κ3) is 190. The molecule has 0 rings (SSSR count). The summed E-state index contributed by atoms with van der Waals surface area (Å²) in [4.78, 5) is 28.9. The summed E-state index contributed by atoms with van der Waals surface area (Å²) in [5, 5.41) is 0. The summed E-state index contributed by atoms with van der Waals surface area (Å²) < 4.78 is 0. The maximum atomic E-state index is 9.98. The van der Waals surface area contributed by atoms with Crippen LogP contribution in [0.4, 0.5) is 0 Å². The molecule has 0 aliphatic heterocycles. The molecule has 1 amide bonds. The Kier molecular flexibility index (Phi) is 19.8. The first-order valence-electron chi connectivity index (χ1n) is 4.96. The summed E-state index contributed by atoms with van der Waals surface area (Å²) in [6.07, 6.45) is 2.51. The van der Waals surface area contributed by atoms with Crippen LogP contribution in [0.5, 0.6) is 0 Å². The van der Waals surface area contributed by atoms with E-state index >= 15 is 0 Å². The van der Waals surface area contributed by atoms with Gasteiger partial charge < -0.3 is 15.3 Å². The Morgan fingerprint density at radius 1 is 0.933 bits per heavy atom. The first-order chi connectivity index (χ1) is 6.73. The second-order valence-corrected chi connectivity index (χ2v) is 3.39. The number of ketones is 2. The quantitative estimate of drug-likeness (QED) is 0.783. The Morgan fingerprint density at radius 3 is 1.27 bits per heavy atom. The minimum atomic E-state index is -0.193. The highest BCUT2D eigenvalue weighted by Crippen LogP contribution is 1.89. The zero-order valence-corrected chi connectivity index (χ0v) is 10.4. The first kappa shape index (κ1) is 19.4. The average molecular weight is 217 g/mol. The van der Waals surface area contributed by atoms with Gasteiger partial charge in [0.15, 0.2) is 0 Å². The number of primary amides is 1. The van der Waals surface area contributed by atoms with E-state index in [1.165, 1.54) is 27.7 Å². The summed E-state index contributed by atoms with van der Waals surface area (Å²) in [5.41, 5.74) is 4.84. The molecule has 0 aromatic heterocycles. The minimum absolute atomic E-state index is 0.167. The number of nitrogens with two attached hydrogens (primary N) is 1. The van der Waals surface area contributed by atoms with Crippen LogP contribution in [-0.2, 0) is 14.4 Å². The summed E-state index contributed by atoms with van der Waals surface area (Å²) in [6.45, 7) is 8.14. The zero-order chi connectivity index (χ0) is 12.9. The molecule has 4 heteroatoms. The molecule has 2 N–H and O–H groups in total. The van der Waals surface area contributed by atoms with Gasteiger partial charge in [0.05, 0.1) is 0 Å². The van der Waals surface area contributed by atoms with Crippen molar-refractivity contribution in [1.29, 1.82) is 0 Å². The van der Waals surface area contributed by atoms with E-state index in [0.29, 0.717) is 6.42 Å². The van der Waals surface area contributed by atoms with Crippen molar-refractivity contribution in [3.8, 4) is 0 Å². The third-order valence-corrected chi connectivity index (χ3v) is 0.777. The second kappa shape index (κ2) is 15.3. The highest BCUT2D eigenvalue weighted by molar-refractivity contribution is 5.73. The number of Topliss-reactive ketones (excluding diaryl/α,β-unsaturated/α-hetero) is 2. The SMILES string of the molecule is CC(C)=O.CC(C)=O.CCCCC(N)=O. The van der Waals surface area contributed by atoms with E-state index in [9.17, 15) is 14.4 Å². The highest BCUT2D eigenvalue weighted by atomic mass is 16.1. The maximum Gasteiger partial charge on any atom is 0.217 e. The smallest absolute Gasteiger partial charge is 0.217 e. The van der Waals surface area contributed by atoms with E-state index in [2.05, 4.69) is 0 Å². The van der Waals surface area contributed by atoms with Crippen LogP contribution in [0.2, 0.25) is 0 Å². The van der Waals surface area contributed by atoms with Gasteiger partial charge in [-0.3, -0.25) is 4.79 Å². The van der Waals surface area contributed by atoms with Gasteiger partial charge in [0.2, 0.25) is 5.91 Å². The fourth-order valence-electron chi connectivity index (χ4n) is 0.351. The summed E-state index contributed by atoms with van der Waals surface area (Å²) in [5.74, 6) is 0.141. The predicted molar refractivity (Wildman–Crippen MR) is 61.4 cm³/mol. The van der Waals surface area contributed by atoms with E-state index in [1.54, 1.807) is 0 Å². The molecule has 0 saturated carbocycles. The summed E-state index contributed by atoms with van der Waals surface area (Å²) >= 11 is 0. The van der Waals surface area contributed by atoms with Crippen molar-refractivity contribution in [1.82, 2.24) is 0 Å².